The van der Waals surface area contributed by atoms with Gasteiger partial charge in [0.1, 0.15) is 0 Å². The van der Waals surface area contributed by atoms with Crippen LogP contribution in [0, 0.1) is 0 Å². The molecule has 2 aliphatic rings. The van der Waals surface area contributed by atoms with E-state index in [2.05, 4.69) is 4.79 Å². The number of hydrogen-bond acceptors (Lipinski definition) is 1. The average Bonchev–Trinajstić information content (AvgIpc) is 2.42. The number of carbonyl (C=O) groups excluding carboxylic acids is 1. The molecule has 0 amide bonds. The largest absolute Gasteiger partial charge is 0.361 e. The maximum atomic E-state index is 11.6. The summed E-state index contributed by atoms with van der Waals surface area (Å²) in [5, 5.41) is 0. The lowest BCUT2D eigenvalue weighted by molar-refractivity contribution is -0.113. The lowest BCUT2D eigenvalue weighted by Crippen LogP contribution is -2.08. The first-order valence-electron chi connectivity index (χ1n) is 4.33. The number of nitrogens with zero attached hydrogens (tertiary/aromatic N) is 2. The highest BCUT2D eigenvalue weighted by Gasteiger charge is 2.32. The maximum Gasteiger partial charge on any atom is 0.343 e. The molecule has 0 aromatic rings. The number of Topliss-reactive ketones (excluding diaryl/α,β-unsaturated/α-hetero) is 1. The van der Waals surface area contributed by atoms with Crippen molar-refractivity contribution < 1.29 is 9.58 Å². The number of hydrogen-bond donors (Lipinski definition) is 0. The summed E-state index contributed by atoms with van der Waals surface area (Å²) in [6, 6.07) is 0. The van der Waals surface area contributed by atoms with Crippen LogP contribution in [0.15, 0.2) is 47.6 Å². The van der Waals surface area contributed by atoms with E-state index in [0.717, 1.165) is 5.57 Å². The zero-order chi connectivity index (χ0) is 9.97. The van der Waals surface area contributed by atoms with Crippen molar-refractivity contribution in [2.45, 2.75) is 6.42 Å². The first-order chi connectivity index (χ1) is 6.83. The Bertz CT molecular complexity index is 458. The van der Waals surface area contributed by atoms with Gasteiger partial charge in [-0.1, -0.05) is 36.5 Å². The quantitative estimate of drug-likeness (QED) is 0.416. The van der Waals surface area contributed by atoms with Crippen molar-refractivity contribution in [1.82, 2.24) is 0 Å². The molecule has 0 spiro atoms. The molecule has 2 aliphatic carbocycles. The van der Waals surface area contributed by atoms with Crippen molar-refractivity contribution in [2.24, 2.45) is 0 Å². The lowest BCUT2D eigenvalue weighted by atomic mass is 10.1. The van der Waals surface area contributed by atoms with Crippen LogP contribution < -0.4 is 0 Å². The molecule has 0 unspecified atom stereocenters. The van der Waals surface area contributed by atoms with E-state index in [1.165, 1.54) is 0 Å². The molecule has 3 heteroatoms. The highest BCUT2D eigenvalue weighted by Crippen LogP contribution is 2.23. The zero-order valence-electron chi connectivity index (χ0n) is 7.47. The van der Waals surface area contributed by atoms with Gasteiger partial charge in [0.25, 0.3) is 5.78 Å². The molecule has 0 aromatic heterocycles. The van der Waals surface area contributed by atoms with Crippen molar-refractivity contribution in [3.63, 3.8) is 0 Å². The smallest absolute Gasteiger partial charge is 0.343 e. The second-order valence-electron chi connectivity index (χ2n) is 3.09. The summed E-state index contributed by atoms with van der Waals surface area (Å²) in [5.74, 6) is -0.182. The summed E-state index contributed by atoms with van der Waals surface area (Å²) >= 11 is 0. The van der Waals surface area contributed by atoms with Gasteiger partial charge in [-0.3, -0.25) is 4.79 Å². The van der Waals surface area contributed by atoms with Gasteiger partial charge in [-0.2, -0.15) is 4.79 Å². The van der Waals surface area contributed by atoms with Crippen LogP contribution in [0.2, 0.25) is 0 Å². The van der Waals surface area contributed by atoms with Gasteiger partial charge in [-0.05, 0) is 5.57 Å². The Hall–Kier alpha value is -1.99. The topological polar surface area (TPSA) is 53.5 Å². The molecule has 2 rings (SSSR count). The molecule has 0 saturated heterocycles. The van der Waals surface area contributed by atoms with Crippen LogP contribution in [0.5, 0.6) is 0 Å². The van der Waals surface area contributed by atoms with Crippen LogP contribution in [0.1, 0.15) is 6.42 Å². The standard InChI is InChI=1S/C11H8N2O/c12-13-10-7-8-5-3-1-2-4-6-9(8)11(10)14/h1-6H,7H2/b2-1-,3-1?,4-2?,5-3-,6-4-,8-5?,9-6?. The van der Waals surface area contributed by atoms with Gasteiger partial charge < -0.3 is 5.53 Å². The van der Waals surface area contributed by atoms with E-state index in [-0.39, 0.29) is 11.5 Å². The fourth-order valence-corrected chi connectivity index (χ4v) is 1.52. The lowest BCUT2D eigenvalue weighted by Gasteiger charge is -1.93. The van der Waals surface area contributed by atoms with Gasteiger partial charge in [0.2, 0.25) is 0 Å². The molecule has 0 N–H and O–H groups in total. The summed E-state index contributed by atoms with van der Waals surface area (Å²) in [5.41, 5.74) is 10.3. The minimum absolute atomic E-state index is 0.182. The van der Waals surface area contributed by atoms with E-state index in [0.29, 0.717) is 12.0 Å². The van der Waals surface area contributed by atoms with E-state index in [1.807, 2.05) is 24.3 Å². The van der Waals surface area contributed by atoms with Crippen LogP contribution in [0.3, 0.4) is 0 Å². The SMILES string of the molecule is [N-]=[N+]=C1CC2=C(\C=C/C=C\C=C/2)C1=O. The molecular weight excluding hydrogens is 176 g/mol. The van der Waals surface area contributed by atoms with Crippen molar-refractivity contribution in [2.75, 3.05) is 0 Å². The minimum Gasteiger partial charge on any atom is -0.361 e. The molecule has 0 bridgehead atoms. The van der Waals surface area contributed by atoms with Gasteiger partial charge in [0.05, 0.1) is 6.42 Å². The second kappa shape index (κ2) is 3.40. The van der Waals surface area contributed by atoms with Crippen LogP contribution >= 0.6 is 0 Å². The van der Waals surface area contributed by atoms with E-state index in [4.69, 9.17) is 5.53 Å². The molecule has 68 valence electrons. The van der Waals surface area contributed by atoms with Gasteiger partial charge in [-0.15, -0.1) is 0 Å². The van der Waals surface area contributed by atoms with Crippen molar-refractivity contribution in [3.8, 4) is 0 Å². The zero-order valence-corrected chi connectivity index (χ0v) is 7.47. The Morgan fingerprint density at radius 2 is 1.86 bits per heavy atom. The highest BCUT2D eigenvalue weighted by atomic mass is 16.1. The molecule has 0 heterocycles. The summed E-state index contributed by atoms with van der Waals surface area (Å²) < 4.78 is 0. The third kappa shape index (κ3) is 1.30. The number of carbonyl (C=O) groups is 1. The fourth-order valence-electron chi connectivity index (χ4n) is 1.52. The number of allylic oxidation sites excluding steroid dienone is 8. The molecule has 0 fully saturated rings. The second-order valence-corrected chi connectivity index (χ2v) is 3.09. The Labute approximate surface area is 81.4 Å². The molecule has 0 atom stereocenters. The van der Waals surface area contributed by atoms with Crippen molar-refractivity contribution in [3.05, 3.63) is 53.1 Å². The molecule has 0 radical (unpaired) electrons. The normalized spacial score (nSPS) is 26.3. The predicted octanol–water partition coefficient (Wildman–Crippen LogP) is 1.61. The Kier molecular flexibility index (Phi) is 2.09. The monoisotopic (exact) mass is 184 g/mol. The third-order valence-electron chi connectivity index (χ3n) is 2.22. The Morgan fingerprint density at radius 1 is 1.14 bits per heavy atom. The summed E-state index contributed by atoms with van der Waals surface area (Å²) in [6.07, 6.45) is 11.4. The van der Waals surface area contributed by atoms with E-state index in [1.54, 1.807) is 12.2 Å². The van der Waals surface area contributed by atoms with Gasteiger partial charge in [-0.25, -0.2) is 0 Å². The van der Waals surface area contributed by atoms with Crippen LogP contribution in [0.4, 0.5) is 0 Å². The molecule has 0 aromatic carbocycles. The fraction of sp³-hybridized carbons (Fsp3) is 0.0909. The highest BCUT2D eigenvalue weighted by molar-refractivity contribution is 6.47. The molecule has 0 saturated carbocycles. The molecule has 3 nitrogen and oxygen atoms in total. The average molecular weight is 184 g/mol. The van der Waals surface area contributed by atoms with Gasteiger partial charge in [0.15, 0.2) is 0 Å². The van der Waals surface area contributed by atoms with E-state index < -0.39 is 0 Å². The van der Waals surface area contributed by atoms with Crippen LogP contribution in [-0.4, -0.2) is 16.3 Å². The van der Waals surface area contributed by atoms with E-state index in [9.17, 15) is 4.79 Å². The minimum atomic E-state index is -0.182. The molecule has 14 heavy (non-hydrogen) atoms. The van der Waals surface area contributed by atoms with Gasteiger partial charge in [0, 0.05) is 5.57 Å². The van der Waals surface area contributed by atoms with Crippen LogP contribution in [-0.2, 0) is 4.79 Å². The molecule has 0 aliphatic heterocycles. The first-order valence-corrected chi connectivity index (χ1v) is 4.33. The Balaban J connectivity index is 2.49. The maximum absolute atomic E-state index is 11.6. The Morgan fingerprint density at radius 3 is 2.57 bits per heavy atom. The van der Waals surface area contributed by atoms with Crippen molar-refractivity contribution >= 4 is 11.5 Å². The summed E-state index contributed by atoms with van der Waals surface area (Å²) in [6.45, 7) is 0. The number of rotatable bonds is 0. The van der Waals surface area contributed by atoms with E-state index >= 15 is 0 Å². The van der Waals surface area contributed by atoms with Gasteiger partial charge >= 0.3 is 5.71 Å². The molecular formula is C11H8N2O. The first kappa shape index (κ1) is 8.60. The summed E-state index contributed by atoms with van der Waals surface area (Å²) in [7, 11) is 0. The van der Waals surface area contributed by atoms with Crippen molar-refractivity contribution in [1.29, 1.82) is 0 Å². The summed E-state index contributed by atoms with van der Waals surface area (Å²) in [4.78, 5) is 14.6. The number of ketones is 1. The third-order valence-corrected chi connectivity index (χ3v) is 2.22. The van der Waals surface area contributed by atoms with Crippen LogP contribution in [0.25, 0.3) is 5.53 Å². The predicted molar refractivity (Wildman–Crippen MR) is 52.7 cm³/mol.